The Labute approximate surface area is 136 Å². The van der Waals surface area contributed by atoms with Crippen LogP contribution in [-0.4, -0.2) is 17.6 Å². The van der Waals surface area contributed by atoms with Crippen LogP contribution >= 0.6 is 27.3 Å². The molecule has 4 nitrogen and oxygen atoms in total. The van der Waals surface area contributed by atoms with Crippen molar-refractivity contribution in [3.05, 3.63) is 55.7 Å². The van der Waals surface area contributed by atoms with Crippen molar-refractivity contribution < 1.29 is 5.21 Å². The molecule has 0 saturated carbocycles. The van der Waals surface area contributed by atoms with E-state index < -0.39 is 0 Å². The number of hydrogen-bond acceptors (Lipinski definition) is 4. The van der Waals surface area contributed by atoms with E-state index in [1.165, 1.54) is 14.2 Å². The van der Waals surface area contributed by atoms with Crippen LogP contribution in [0, 0.1) is 6.92 Å². The molecule has 0 radical (unpaired) electrons. The lowest BCUT2D eigenvalue weighted by Crippen LogP contribution is -2.18. The van der Waals surface area contributed by atoms with Gasteiger partial charge in [0.25, 0.3) is 0 Å². The molecule has 0 aliphatic carbocycles. The molecule has 2 rings (SSSR count). The fourth-order valence-corrected chi connectivity index (χ4v) is 3.51. The van der Waals surface area contributed by atoms with Gasteiger partial charge in [0, 0.05) is 23.5 Å². The molecular weight excluding hydrogens is 350 g/mol. The van der Waals surface area contributed by atoms with Crippen LogP contribution in [0.5, 0.6) is 0 Å². The van der Waals surface area contributed by atoms with E-state index in [2.05, 4.69) is 38.5 Å². The van der Waals surface area contributed by atoms with Gasteiger partial charge in [0.2, 0.25) is 0 Å². The molecule has 112 valence electrons. The lowest BCUT2D eigenvalue weighted by molar-refractivity contribution is 0.318. The van der Waals surface area contributed by atoms with Gasteiger partial charge >= 0.3 is 0 Å². The molecule has 4 N–H and O–H groups in total. The average molecular weight is 368 g/mol. The van der Waals surface area contributed by atoms with Crippen molar-refractivity contribution in [3.8, 4) is 0 Å². The van der Waals surface area contributed by atoms with Gasteiger partial charge in [0.05, 0.1) is 3.79 Å². The summed E-state index contributed by atoms with van der Waals surface area (Å²) in [4.78, 5) is 1.37. The highest BCUT2D eigenvalue weighted by Crippen LogP contribution is 2.22. The summed E-state index contributed by atoms with van der Waals surface area (Å²) in [5.74, 6) is 0.140. The SMILES string of the molecule is Cc1cc(/C(N)=N/O)ccc1CNCCc1ccc(Br)s1. The first kappa shape index (κ1) is 16.0. The molecule has 0 unspecified atom stereocenters. The van der Waals surface area contributed by atoms with Gasteiger partial charge in [-0.2, -0.15) is 0 Å². The molecule has 0 saturated heterocycles. The van der Waals surface area contributed by atoms with Gasteiger partial charge in [-0.1, -0.05) is 17.3 Å². The number of oxime groups is 1. The van der Waals surface area contributed by atoms with Gasteiger partial charge in [-0.3, -0.25) is 0 Å². The number of benzene rings is 1. The highest BCUT2D eigenvalue weighted by molar-refractivity contribution is 9.11. The number of hydrogen-bond donors (Lipinski definition) is 3. The van der Waals surface area contributed by atoms with Gasteiger partial charge < -0.3 is 16.3 Å². The Hall–Kier alpha value is -1.37. The minimum absolute atomic E-state index is 0.140. The molecule has 1 aromatic carbocycles. The molecule has 1 aromatic heterocycles. The van der Waals surface area contributed by atoms with E-state index in [0.717, 1.165) is 30.6 Å². The van der Waals surface area contributed by atoms with E-state index in [1.807, 2.05) is 25.1 Å². The van der Waals surface area contributed by atoms with E-state index in [1.54, 1.807) is 11.3 Å². The third-order valence-corrected chi connectivity index (χ3v) is 4.92. The summed E-state index contributed by atoms with van der Waals surface area (Å²) in [5.41, 5.74) is 8.67. The molecule has 21 heavy (non-hydrogen) atoms. The normalized spacial score (nSPS) is 11.8. The average Bonchev–Trinajstić information content (AvgIpc) is 2.89. The van der Waals surface area contributed by atoms with Gasteiger partial charge in [-0.25, -0.2) is 0 Å². The van der Waals surface area contributed by atoms with E-state index >= 15 is 0 Å². The molecule has 0 aliphatic heterocycles. The quantitative estimate of drug-likeness (QED) is 0.241. The molecule has 0 fully saturated rings. The zero-order valence-electron chi connectivity index (χ0n) is 11.8. The van der Waals surface area contributed by atoms with E-state index in [4.69, 9.17) is 10.9 Å². The Bertz CT molecular complexity index is 640. The Morgan fingerprint density at radius 3 is 2.81 bits per heavy atom. The topological polar surface area (TPSA) is 70.6 Å². The van der Waals surface area contributed by atoms with Gasteiger partial charge in [0.15, 0.2) is 5.84 Å². The predicted molar refractivity (Wildman–Crippen MR) is 91.1 cm³/mol. The number of nitrogens with zero attached hydrogens (tertiary/aromatic N) is 1. The van der Waals surface area contributed by atoms with Crippen LogP contribution in [0.1, 0.15) is 21.6 Å². The smallest absolute Gasteiger partial charge is 0.170 e. The minimum atomic E-state index is 0.140. The summed E-state index contributed by atoms with van der Waals surface area (Å²) >= 11 is 5.24. The second-order valence-electron chi connectivity index (χ2n) is 4.76. The number of amidine groups is 1. The summed E-state index contributed by atoms with van der Waals surface area (Å²) < 4.78 is 1.17. The second-order valence-corrected chi connectivity index (χ2v) is 7.31. The van der Waals surface area contributed by atoms with Crippen LogP contribution in [0.4, 0.5) is 0 Å². The molecular formula is C15H18BrN3OS. The van der Waals surface area contributed by atoms with Crippen molar-refractivity contribution in [3.63, 3.8) is 0 Å². The lowest BCUT2D eigenvalue weighted by atomic mass is 10.0. The maximum atomic E-state index is 8.68. The summed E-state index contributed by atoms with van der Waals surface area (Å²) in [5, 5.41) is 15.1. The van der Waals surface area contributed by atoms with E-state index in [-0.39, 0.29) is 5.84 Å². The Kier molecular flexibility index (Phi) is 5.78. The maximum absolute atomic E-state index is 8.68. The summed E-state index contributed by atoms with van der Waals surface area (Å²) in [6.07, 6.45) is 1.03. The van der Waals surface area contributed by atoms with Crippen LogP contribution in [0.2, 0.25) is 0 Å². The molecule has 0 atom stereocenters. The van der Waals surface area contributed by atoms with Crippen molar-refractivity contribution in [2.75, 3.05) is 6.54 Å². The standard InChI is InChI=1S/C15H18BrN3OS/c1-10-8-11(15(17)19-20)2-3-12(10)9-18-7-6-13-4-5-14(16)21-13/h2-5,8,18,20H,6-7,9H2,1H3,(H2,17,19). The fourth-order valence-electron chi connectivity index (χ4n) is 2.03. The van der Waals surface area contributed by atoms with Crippen molar-refractivity contribution in [2.24, 2.45) is 10.9 Å². The molecule has 1 heterocycles. The van der Waals surface area contributed by atoms with Crippen LogP contribution in [-0.2, 0) is 13.0 Å². The van der Waals surface area contributed by atoms with Gasteiger partial charge in [0.1, 0.15) is 0 Å². The zero-order valence-corrected chi connectivity index (χ0v) is 14.2. The Balaban J connectivity index is 1.86. The summed E-state index contributed by atoms with van der Waals surface area (Å²) in [6, 6.07) is 10.0. The second kappa shape index (κ2) is 7.59. The van der Waals surface area contributed by atoms with Crippen LogP contribution in [0.3, 0.4) is 0 Å². The van der Waals surface area contributed by atoms with E-state index in [9.17, 15) is 0 Å². The number of rotatable bonds is 6. The van der Waals surface area contributed by atoms with Gasteiger partial charge in [-0.05, 0) is 58.6 Å². The summed E-state index contributed by atoms with van der Waals surface area (Å²) in [6.45, 7) is 3.78. The van der Waals surface area contributed by atoms with Crippen molar-refractivity contribution in [1.82, 2.24) is 5.32 Å². The van der Waals surface area contributed by atoms with Crippen LogP contribution < -0.4 is 11.1 Å². The molecule has 2 aromatic rings. The monoisotopic (exact) mass is 367 g/mol. The predicted octanol–water partition coefficient (Wildman–Crippen LogP) is 3.25. The number of aryl methyl sites for hydroxylation is 1. The minimum Gasteiger partial charge on any atom is -0.409 e. The third-order valence-electron chi connectivity index (χ3n) is 3.24. The Morgan fingerprint density at radius 2 is 2.19 bits per heavy atom. The van der Waals surface area contributed by atoms with Crippen molar-refractivity contribution in [1.29, 1.82) is 0 Å². The van der Waals surface area contributed by atoms with Crippen LogP contribution in [0.25, 0.3) is 0 Å². The molecule has 6 heteroatoms. The first-order valence-corrected chi connectivity index (χ1v) is 8.23. The van der Waals surface area contributed by atoms with E-state index in [0.29, 0.717) is 0 Å². The lowest BCUT2D eigenvalue weighted by Gasteiger charge is -2.09. The number of thiophene rings is 1. The van der Waals surface area contributed by atoms with Crippen molar-refractivity contribution in [2.45, 2.75) is 19.9 Å². The Morgan fingerprint density at radius 1 is 1.38 bits per heavy atom. The number of nitrogens with two attached hydrogens (primary N) is 1. The largest absolute Gasteiger partial charge is 0.409 e. The third kappa shape index (κ3) is 4.56. The van der Waals surface area contributed by atoms with Crippen molar-refractivity contribution >= 4 is 33.1 Å². The number of halogens is 1. The van der Waals surface area contributed by atoms with Crippen LogP contribution in [0.15, 0.2) is 39.3 Å². The highest BCUT2D eigenvalue weighted by atomic mass is 79.9. The molecule has 0 spiro atoms. The van der Waals surface area contributed by atoms with Gasteiger partial charge in [-0.15, -0.1) is 11.3 Å². The molecule has 0 aliphatic rings. The number of nitrogens with one attached hydrogen (secondary N) is 1. The summed E-state index contributed by atoms with van der Waals surface area (Å²) in [7, 11) is 0. The zero-order chi connectivity index (χ0) is 15.2. The molecule has 0 amide bonds. The first-order valence-electron chi connectivity index (χ1n) is 6.62. The maximum Gasteiger partial charge on any atom is 0.170 e. The first-order chi connectivity index (χ1) is 10.1. The molecule has 0 bridgehead atoms. The fraction of sp³-hybridized carbons (Fsp3) is 0.267. The highest BCUT2D eigenvalue weighted by Gasteiger charge is 2.04.